The highest BCUT2D eigenvalue weighted by Gasteiger charge is 2.40. The molecule has 2 saturated heterocycles. The van der Waals surface area contributed by atoms with Crippen LogP contribution in [-0.4, -0.2) is 38.7 Å². The summed E-state index contributed by atoms with van der Waals surface area (Å²) in [5, 5.41) is 15.3. The van der Waals surface area contributed by atoms with Crippen molar-refractivity contribution in [2.75, 3.05) is 12.8 Å². The smallest absolute Gasteiger partial charge is 0.333 e. The quantitative estimate of drug-likeness (QED) is 0.646. The standard InChI is InChI=1S/C12H19N5O2/c1-7-11(17(18)19)12(13)16(14-7)10-5-8-3-4-9(6-10)15(8)2/h8-10H,3-6,13H2,1-2H3. The van der Waals surface area contributed by atoms with Crippen LogP contribution in [0.1, 0.15) is 37.4 Å². The van der Waals surface area contributed by atoms with E-state index in [0.717, 1.165) is 12.8 Å². The minimum absolute atomic E-state index is 0.0359. The van der Waals surface area contributed by atoms with Crippen molar-refractivity contribution in [3.05, 3.63) is 15.8 Å². The lowest BCUT2D eigenvalue weighted by Gasteiger charge is -2.36. The molecule has 7 heteroatoms. The molecule has 1 aromatic rings. The Bertz CT molecular complexity index is 512. The minimum Gasteiger partial charge on any atom is -0.378 e. The van der Waals surface area contributed by atoms with Crippen LogP contribution in [0.5, 0.6) is 0 Å². The SMILES string of the molecule is Cc1nn(C2CC3CCC(C2)N3C)c(N)c1[N+](=O)[O-]. The molecule has 2 N–H and O–H groups in total. The molecule has 0 amide bonds. The minimum atomic E-state index is -0.433. The molecule has 1 aromatic heterocycles. The topological polar surface area (TPSA) is 90.2 Å². The highest BCUT2D eigenvalue weighted by atomic mass is 16.6. The number of hydrogen-bond acceptors (Lipinski definition) is 5. The number of nitrogens with zero attached hydrogens (tertiary/aromatic N) is 4. The summed E-state index contributed by atoms with van der Waals surface area (Å²) in [5.74, 6) is 0.205. The van der Waals surface area contributed by atoms with E-state index >= 15 is 0 Å². The van der Waals surface area contributed by atoms with Gasteiger partial charge in [0.05, 0.1) is 11.0 Å². The summed E-state index contributed by atoms with van der Waals surface area (Å²) in [7, 11) is 2.17. The number of nitro groups is 1. The largest absolute Gasteiger partial charge is 0.378 e. The van der Waals surface area contributed by atoms with Crippen LogP contribution in [0.3, 0.4) is 0 Å². The van der Waals surface area contributed by atoms with E-state index < -0.39 is 4.92 Å². The molecule has 2 fully saturated rings. The van der Waals surface area contributed by atoms with Crippen LogP contribution in [0.4, 0.5) is 11.5 Å². The third-order valence-corrected chi connectivity index (χ3v) is 4.69. The molecule has 0 saturated carbocycles. The molecule has 2 bridgehead atoms. The molecule has 0 aromatic carbocycles. The second-order valence-corrected chi connectivity index (χ2v) is 5.70. The highest BCUT2D eigenvalue weighted by Crippen LogP contribution is 2.41. The van der Waals surface area contributed by atoms with E-state index in [0.29, 0.717) is 17.8 Å². The van der Waals surface area contributed by atoms with E-state index in [9.17, 15) is 10.1 Å². The number of nitrogens with two attached hydrogens (primary N) is 1. The fourth-order valence-corrected chi connectivity index (χ4v) is 3.64. The van der Waals surface area contributed by atoms with Crippen LogP contribution in [0.25, 0.3) is 0 Å². The number of aromatic nitrogens is 2. The third-order valence-electron chi connectivity index (χ3n) is 4.69. The Morgan fingerprint density at radius 2 is 1.89 bits per heavy atom. The molecule has 2 atom stereocenters. The van der Waals surface area contributed by atoms with Crippen LogP contribution < -0.4 is 5.73 Å². The molecule has 0 radical (unpaired) electrons. The Morgan fingerprint density at radius 3 is 2.37 bits per heavy atom. The maximum atomic E-state index is 11.0. The van der Waals surface area contributed by atoms with Gasteiger partial charge in [-0.25, -0.2) is 4.68 Å². The van der Waals surface area contributed by atoms with E-state index in [-0.39, 0.29) is 17.5 Å². The predicted octanol–water partition coefficient (Wildman–Crippen LogP) is 1.48. The van der Waals surface area contributed by atoms with Gasteiger partial charge in [0.2, 0.25) is 5.82 Å². The first-order chi connectivity index (χ1) is 8.99. The Labute approximate surface area is 111 Å². The molecule has 3 rings (SSSR count). The fourth-order valence-electron chi connectivity index (χ4n) is 3.64. The van der Waals surface area contributed by atoms with Crippen LogP contribution in [0.2, 0.25) is 0 Å². The Morgan fingerprint density at radius 1 is 1.32 bits per heavy atom. The van der Waals surface area contributed by atoms with Crippen LogP contribution in [0, 0.1) is 17.0 Å². The van der Waals surface area contributed by atoms with Gasteiger partial charge in [-0.05, 0) is 39.7 Å². The first-order valence-corrected chi connectivity index (χ1v) is 6.70. The second-order valence-electron chi connectivity index (χ2n) is 5.70. The van der Waals surface area contributed by atoms with E-state index in [1.165, 1.54) is 12.8 Å². The number of nitrogen functional groups attached to an aromatic ring is 1. The lowest BCUT2D eigenvalue weighted by atomic mass is 9.98. The molecule has 104 valence electrons. The second kappa shape index (κ2) is 4.19. The van der Waals surface area contributed by atoms with Gasteiger partial charge in [-0.2, -0.15) is 5.10 Å². The molecular formula is C12H19N5O2. The maximum absolute atomic E-state index is 11.0. The van der Waals surface area contributed by atoms with Crippen molar-refractivity contribution in [1.82, 2.24) is 14.7 Å². The first-order valence-electron chi connectivity index (χ1n) is 6.70. The van der Waals surface area contributed by atoms with E-state index in [1.54, 1.807) is 11.6 Å². The predicted molar refractivity (Wildman–Crippen MR) is 70.9 cm³/mol. The summed E-state index contributed by atoms with van der Waals surface area (Å²) >= 11 is 0. The molecule has 7 nitrogen and oxygen atoms in total. The molecule has 2 aliphatic heterocycles. The van der Waals surface area contributed by atoms with Gasteiger partial charge in [-0.15, -0.1) is 0 Å². The molecule has 0 aliphatic carbocycles. The van der Waals surface area contributed by atoms with Crippen molar-refractivity contribution < 1.29 is 4.92 Å². The van der Waals surface area contributed by atoms with E-state index in [4.69, 9.17) is 5.73 Å². The first kappa shape index (κ1) is 12.4. The van der Waals surface area contributed by atoms with Crippen molar-refractivity contribution in [1.29, 1.82) is 0 Å². The number of fused-ring (bicyclic) bond motifs is 2. The Kier molecular flexibility index (Phi) is 2.74. The molecule has 19 heavy (non-hydrogen) atoms. The Hall–Kier alpha value is -1.63. The van der Waals surface area contributed by atoms with Crippen LogP contribution >= 0.6 is 0 Å². The lowest BCUT2D eigenvalue weighted by Crippen LogP contribution is -2.40. The summed E-state index contributed by atoms with van der Waals surface area (Å²) in [6.07, 6.45) is 4.38. The van der Waals surface area contributed by atoms with Crippen LogP contribution in [-0.2, 0) is 0 Å². The number of aryl methyl sites for hydroxylation is 1. The van der Waals surface area contributed by atoms with Gasteiger partial charge in [0.1, 0.15) is 5.69 Å². The molecule has 2 unspecified atom stereocenters. The monoisotopic (exact) mass is 265 g/mol. The Balaban J connectivity index is 1.92. The fraction of sp³-hybridized carbons (Fsp3) is 0.750. The number of hydrogen-bond donors (Lipinski definition) is 1. The number of piperidine rings is 1. The third kappa shape index (κ3) is 1.80. The number of rotatable bonds is 2. The van der Waals surface area contributed by atoms with Gasteiger partial charge in [0.15, 0.2) is 0 Å². The van der Waals surface area contributed by atoms with Gasteiger partial charge >= 0.3 is 5.69 Å². The number of anilines is 1. The average Bonchev–Trinajstić information content (AvgIpc) is 2.73. The summed E-state index contributed by atoms with van der Waals surface area (Å²) in [4.78, 5) is 13.0. The normalized spacial score (nSPS) is 30.7. The van der Waals surface area contributed by atoms with Crippen molar-refractivity contribution in [3.8, 4) is 0 Å². The van der Waals surface area contributed by atoms with Crippen LogP contribution in [0.15, 0.2) is 0 Å². The maximum Gasteiger partial charge on any atom is 0.333 e. The van der Waals surface area contributed by atoms with Crippen molar-refractivity contribution in [2.24, 2.45) is 0 Å². The molecule has 3 heterocycles. The van der Waals surface area contributed by atoms with Crippen molar-refractivity contribution in [3.63, 3.8) is 0 Å². The van der Waals surface area contributed by atoms with Crippen molar-refractivity contribution in [2.45, 2.75) is 50.7 Å². The zero-order valence-corrected chi connectivity index (χ0v) is 11.2. The van der Waals surface area contributed by atoms with E-state index in [2.05, 4.69) is 17.0 Å². The molecular weight excluding hydrogens is 246 g/mol. The zero-order chi connectivity index (χ0) is 13.7. The highest BCUT2D eigenvalue weighted by molar-refractivity contribution is 5.56. The molecule has 2 aliphatic rings. The zero-order valence-electron chi connectivity index (χ0n) is 11.2. The summed E-state index contributed by atoms with van der Waals surface area (Å²) in [5.41, 5.74) is 6.30. The summed E-state index contributed by atoms with van der Waals surface area (Å²) in [6.45, 7) is 1.65. The lowest BCUT2D eigenvalue weighted by molar-refractivity contribution is -0.384. The summed E-state index contributed by atoms with van der Waals surface area (Å²) in [6, 6.07) is 1.32. The van der Waals surface area contributed by atoms with Crippen molar-refractivity contribution >= 4 is 11.5 Å². The van der Waals surface area contributed by atoms with Gasteiger partial charge in [0, 0.05) is 12.1 Å². The van der Waals surface area contributed by atoms with Gasteiger partial charge in [-0.1, -0.05) is 0 Å². The molecule has 0 spiro atoms. The van der Waals surface area contributed by atoms with E-state index in [1.807, 2.05) is 0 Å². The average molecular weight is 265 g/mol. The van der Waals surface area contributed by atoms with Gasteiger partial charge in [0.25, 0.3) is 0 Å². The van der Waals surface area contributed by atoms with Gasteiger partial charge < -0.3 is 10.6 Å². The summed E-state index contributed by atoms with van der Waals surface area (Å²) < 4.78 is 1.69. The van der Waals surface area contributed by atoms with Gasteiger partial charge in [-0.3, -0.25) is 10.1 Å².